The second-order valence-corrected chi connectivity index (χ2v) is 5.46. The molecule has 2 rings (SSSR count). The van der Waals surface area contributed by atoms with Gasteiger partial charge in [-0.15, -0.1) is 0 Å². The number of rotatable bonds is 6. The first-order valence-electron chi connectivity index (χ1n) is 7.14. The number of ether oxygens (including phenoxy) is 1. The maximum atomic E-state index is 6.03. The van der Waals surface area contributed by atoms with E-state index in [1.54, 1.807) is 0 Å². The largest absolute Gasteiger partial charge is 0.491 e. The van der Waals surface area contributed by atoms with Crippen molar-refractivity contribution in [1.82, 2.24) is 0 Å². The van der Waals surface area contributed by atoms with Gasteiger partial charge in [0, 0.05) is 22.8 Å². The van der Waals surface area contributed by atoms with Crippen LogP contribution >= 0.6 is 11.6 Å². The van der Waals surface area contributed by atoms with Gasteiger partial charge in [-0.2, -0.15) is 0 Å². The van der Waals surface area contributed by atoms with Crippen LogP contribution in [0.1, 0.15) is 31.9 Å². The molecule has 3 nitrogen and oxygen atoms in total. The third-order valence-electron chi connectivity index (χ3n) is 3.21. The van der Waals surface area contributed by atoms with Crippen molar-refractivity contribution >= 4 is 23.0 Å². The molecule has 0 aliphatic rings. The number of hydrogen-bond donors (Lipinski definition) is 2. The lowest BCUT2D eigenvalue weighted by Gasteiger charge is -2.17. The van der Waals surface area contributed by atoms with Crippen molar-refractivity contribution < 1.29 is 4.74 Å². The number of nitrogens with two attached hydrogens (primary N) is 1. The van der Waals surface area contributed by atoms with E-state index >= 15 is 0 Å². The summed E-state index contributed by atoms with van der Waals surface area (Å²) < 4.78 is 5.65. The predicted molar refractivity (Wildman–Crippen MR) is 90.1 cm³/mol. The van der Waals surface area contributed by atoms with Crippen molar-refractivity contribution in [2.45, 2.75) is 26.3 Å². The minimum atomic E-state index is 0.145. The molecule has 1 atom stereocenters. The first-order chi connectivity index (χ1) is 10.1. The lowest BCUT2D eigenvalue weighted by atomic mass is 10.1. The van der Waals surface area contributed by atoms with E-state index in [0.29, 0.717) is 12.3 Å². The Morgan fingerprint density at radius 2 is 2.05 bits per heavy atom. The van der Waals surface area contributed by atoms with Crippen LogP contribution in [0.25, 0.3) is 0 Å². The highest BCUT2D eigenvalue weighted by molar-refractivity contribution is 6.30. The SMILES string of the molecule is CCCOc1cc(NC(C)c2cccc(Cl)c2)ccc1N. The van der Waals surface area contributed by atoms with Gasteiger partial charge in [0.15, 0.2) is 0 Å². The van der Waals surface area contributed by atoms with Gasteiger partial charge in [0.05, 0.1) is 12.3 Å². The van der Waals surface area contributed by atoms with Crippen LogP contribution in [0.2, 0.25) is 5.02 Å². The Kier molecular flexibility index (Phi) is 5.34. The number of benzene rings is 2. The van der Waals surface area contributed by atoms with Crippen LogP contribution in [-0.4, -0.2) is 6.61 Å². The molecule has 0 saturated carbocycles. The number of nitrogen functional groups attached to an aromatic ring is 1. The minimum Gasteiger partial charge on any atom is -0.491 e. The van der Waals surface area contributed by atoms with Crippen molar-refractivity contribution in [3.8, 4) is 5.75 Å². The van der Waals surface area contributed by atoms with Gasteiger partial charge in [0.2, 0.25) is 0 Å². The molecule has 0 spiro atoms. The summed E-state index contributed by atoms with van der Waals surface area (Å²) in [6.45, 7) is 4.83. The number of anilines is 2. The Bertz CT molecular complexity index is 601. The highest BCUT2D eigenvalue weighted by Crippen LogP contribution is 2.28. The maximum absolute atomic E-state index is 6.03. The fourth-order valence-corrected chi connectivity index (χ4v) is 2.27. The van der Waals surface area contributed by atoms with Gasteiger partial charge < -0.3 is 15.8 Å². The Balaban J connectivity index is 2.11. The van der Waals surface area contributed by atoms with E-state index in [2.05, 4.69) is 25.2 Å². The molecule has 0 aliphatic carbocycles. The summed E-state index contributed by atoms with van der Waals surface area (Å²) in [4.78, 5) is 0. The molecule has 0 aliphatic heterocycles. The summed E-state index contributed by atoms with van der Waals surface area (Å²) >= 11 is 6.03. The van der Waals surface area contributed by atoms with Crippen molar-refractivity contribution in [1.29, 1.82) is 0 Å². The van der Waals surface area contributed by atoms with Crippen LogP contribution < -0.4 is 15.8 Å². The second kappa shape index (κ2) is 7.23. The van der Waals surface area contributed by atoms with E-state index in [0.717, 1.165) is 28.4 Å². The Morgan fingerprint density at radius 1 is 1.24 bits per heavy atom. The van der Waals surface area contributed by atoms with Gasteiger partial charge in [0.1, 0.15) is 5.75 Å². The lowest BCUT2D eigenvalue weighted by molar-refractivity contribution is 0.319. The maximum Gasteiger partial charge on any atom is 0.144 e. The molecule has 0 fully saturated rings. The zero-order valence-corrected chi connectivity index (χ0v) is 13.2. The summed E-state index contributed by atoms with van der Waals surface area (Å²) in [5.41, 5.74) is 8.69. The molecule has 0 bridgehead atoms. The van der Waals surface area contributed by atoms with E-state index in [1.165, 1.54) is 0 Å². The Hall–Kier alpha value is -1.87. The van der Waals surface area contributed by atoms with Crippen LogP contribution in [-0.2, 0) is 0 Å². The fraction of sp³-hybridized carbons (Fsp3) is 0.294. The van der Waals surface area contributed by atoms with Gasteiger partial charge >= 0.3 is 0 Å². The molecular weight excluding hydrogens is 284 g/mol. The molecule has 21 heavy (non-hydrogen) atoms. The number of hydrogen-bond acceptors (Lipinski definition) is 3. The van der Waals surface area contributed by atoms with Crippen LogP contribution in [0.15, 0.2) is 42.5 Å². The highest BCUT2D eigenvalue weighted by Gasteiger charge is 2.08. The van der Waals surface area contributed by atoms with E-state index in [-0.39, 0.29) is 6.04 Å². The third kappa shape index (κ3) is 4.30. The van der Waals surface area contributed by atoms with Crippen molar-refractivity contribution in [2.75, 3.05) is 17.7 Å². The van der Waals surface area contributed by atoms with Gasteiger partial charge in [-0.3, -0.25) is 0 Å². The van der Waals surface area contributed by atoms with Crippen LogP contribution in [0.5, 0.6) is 5.75 Å². The highest BCUT2D eigenvalue weighted by atomic mass is 35.5. The minimum absolute atomic E-state index is 0.145. The average Bonchev–Trinajstić information content (AvgIpc) is 2.47. The molecule has 2 aromatic carbocycles. The van der Waals surface area contributed by atoms with Crippen molar-refractivity contribution in [3.05, 3.63) is 53.1 Å². The topological polar surface area (TPSA) is 47.3 Å². The number of nitrogens with one attached hydrogen (secondary N) is 1. The van der Waals surface area contributed by atoms with E-state index in [4.69, 9.17) is 22.1 Å². The molecule has 2 aromatic rings. The van der Waals surface area contributed by atoms with Gasteiger partial charge in [-0.1, -0.05) is 30.7 Å². The molecule has 112 valence electrons. The van der Waals surface area contributed by atoms with E-state index < -0.39 is 0 Å². The van der Waals surface area contributed by atoms with Gasteiger partial charge in [0.25, 0.3) is 0 Å². The third-order valence-corrected chi connectivity index (χ3v) is 3.44. The Labute approximate surface area is 131 Å². The average molecular weight is 305 g/mol. The standard InChI is InChI=1S/C17H21ClN2O/c1-3-9-21-17-11-15(7-8-16(17)19)20-12(2)13-5-4-6-14(18)10-13/h4-8,10-12,20H,3,9,19H2,1-2H3. The quantitative estimate of drug-likeness (QED) is 0.747. The monoisotopic (exact) mass is 304 g/mol. The fourth-order valence-electron chi connectivity index (χ4n) is 2.07. The molecule has 0 heterocycles. The van der Waals surface area contributed by atoms with Crippen LogP contribution in [0.4, 0.5) is 11.4 Å². The molecule has 4 heteroatoms. The van der Waals surface area contributed by atoms with Gasteiger partial charge in [-0.05, 0) is 43.2 Å². The normalized spacial score (nSPS) is 12.0. The van der Waals surface area contributed by atoms with E-state index in [1.807, 2.05) is 36.4 Å². The van der Waals surface area contributed by atoms with E-state index in [9.17, 15) is 0 Å². The first kappa shape index (κ1) is 15.5. The first-order valence-corrected chi connectivity index (χ1v) is 7.52. The molecular formula is C17H21ClN2O. The summed E-state index contributed by atoms with van der Waals surface area (Å²) in [6.07, 6.45) is 0.954. The lowest BCUT2D eigenvalue weighted by Crippen LogP contribution is -2.07. The summed E-state index contributed by atoms with van der Waals surface area (Å²) in [5.74, 6) is 0.722. The van der Waals surface area contributed by atoms with Gasteiger partial charge in [-0.25, -0.2) is 0 Å². The summed E-state index contributed by atoms with van der Waals surface area (Å²) in [5, 5.41) is 4.18. The molecule has 3 N–H and O–H groups in total. The predicted octanol–water partition coefficient (Wildman–Crippen LogP) is 4.88. The summed E-state index contributed by atoms with van der Waals surface area (Å²) in [7, 11) is 0. The molecule has 1 unspecified atom stereocenters. The zero-order valence-electron chi connectivity index (χ0n) is 12.4. The smallest absolute Gasteiger partial charge is 0.144 e. The van der Waals surface area contributed by atoms with Crippen LogP contribution in [0, 0.1) is 0 Å². The summed E-state index contributed by atoms with van der Waals surface area (Å²) in [6, 6.07) is 13.7. The number of halogens is 1. The molecule has 0 radical (unpaired) electrons. The molecule has 0 aromatic heterocycles. The Morgan fingerprint density at radius 3 is 2.76 bits per heavy atom. The zero-order chi connectivity index (χ0) is 15.2. The molecule has 0 saturated heterocycles. The van der Waals surface area contributed by atoms with Crippen molar-refractivity contribution in [2.24, 2.45) is 0 Å². The molecule has 0 amide bonds. The second-order valence-electron chi connectivity index (χ2n) is 5.02. The van der Waals surface area contributed by atoms with Crippen LogP contribution in [0.3, 0.4) is 0 Å². The van der Waals surface area contributed by atoms with Crippen molar-refractivity contribution in [3.63, 3.8) is 0 Å².